The van der Waals surface area contributed by atoms with Crippen LogP contribution in [0, 0.1) is 11.8 Å². The average Bonchev–Trinajstić information content (AvgIpc) is 3.15. The molecule has 1 aromatic rings. The maximum Gasteiger partial charge on any atom is 0.267 e. The Labute approximate surface area is 149 Å². The summed E-state index contributed by atoms with van der Waals surface area (Å²) in [6.07, 6.45) is 10.8. The molecule has 1 aromatic heterocycles. The van der Waals surface area contributed by atoms with E-state index in [0.29, 0.717) is 17.5 Å². The lowest BCUT2D eigenvalue weighted by Gasteiger charge is -2.56. The lowest BCUT2D eigenvalue weighted by Crippen LogP contribution is -2.60. The van der Waals surface area contributed by atoms with Crippen LogP contribution in [0.2, 0.25) is 0 Å². The molecule has 2 aliphatic carbocycles. The number of rotatable bonds is 4. The number of carbonyl (C=O) groups is 1. The van der Waals surface area contributed by atoms with E-state index in [4.69, 9.17) is 10.5 Å². The number of carbonyl (C=O) groups excluding carboxylic acids is 1. The molecule has 2 saturated carbocycles. The lowest BCUT2D eigenvalue weighted by atomic mass is 9.62. The number of nitrogens with zero attached hydrogens (tertiary/aromatic N) is 2. The lowest BCUT2D eigenvalue weighted by molar-refractivity contribution is -0.174. The van der Waals surface area contributed by atoms with Gasteiger partial charge in [0.1, 0.15) is 11.3 Å². The predicted molar refractivity (Wildman–Crippen MR) is 96.1 cm³/mol. The van der Waals surface area contributed by atoms with Crippen LogP contribution in [0.25, 0.3) is 0 Å². The molecule has 0 spiro atoms. The van der Waals surface area contributed by atoms with E-state index >= 15 is 0 Å². The molecule has 1 amide bonds. The minimum atomic E-state index is -0.471. The number of hydrogen-bond acceptors (Lipinski definition) is 4. The zero-order chi connectivity index (χ0) is 17.4. The summed E-state index contributed by atoms with van der Waals surface area (Å²) >= 11 is 0. The van der Waals surface area contributed by atoms with E-state index in [1.54, 1.807) is 6.20 Å². The number of amides is 1. The molecule has 3 aliphatic rings. The zero-order valence-electron chi connectivity index (χ0n) is 15.1. The fraction of sp³-hybridized carbons (Fsp3) is 0.700. The SMILES string of the molecule is COC1(c2ccnc(C(N)=O)c2)C2CCCC1CN(C1CCCC1)C2. The van der Waals surface area contributed by atoms with Crippen LogP contribution < -0.4 is 5.73 Å². The van der Waals surface area contributed by atoms with Crippen LogP contribution in [-0.4, -0.2) is 42.0 Å². The number of nitrogens with two attached hydrogens (primary N) is 1. The number of piperidine rings is 1. The van der Waals surface area contributed by atoms with Gasteiger partial charge in [0.15, 0.2) is 0 Å². The predicted octanol–water partition coefficient (Wildman–Crippen LogP) is 2.70. The molecule has 3 fully saturated rings. The molecule has 25 heavy (non-hydrogen) atoms. The monoisotopic (exact) mass is 343 g/mol. The molecule has 2 unspecified atom stereocenters. The van der Waals surface area contributed by atoms with Gasteiger partial charge in [-0.2, -0.15) is 0 Å². The smallest absolute Gasteiger partial charge is 0.267 e. The minimum Gasteiger partial charge on any atom is -0.373 e. The Balaban J connectivity index is 1.69. The summed E-state index contributed by atoms with van der Waals surface area (Å²) in [6, 6.07) is 4.64. The molecule has 4 rings (SSSR count). The Morgan fingerprint density at radius 3 is 2.48 bits per heavy atom. The van der Waals surface area contributed by atoms with Gasteiger partial charge in [-0.25, -0.2) is 0 Å². The van der Waals surface area contributed by atoms with Gasteiger partial charge in [-0.05, 0) is 43.4 Å². The van der Waals surface area contributed by atoms with Crippen molar-refractivity contribution in [1.82, 2.24) is 9.88 Å². The van der Waals surface area contributed by atoms with Gasteiger partial charge in [0, 0.05) is 44.3 Å². The summed E-state index contributed by atoms with van der Waals surface area (Å²) in [5, 5.41) is 0. The Bertz CT molecular complexity index is 628. The first-order valence-electron chi connectivity index (χ1n) is 9.70. The number of likely N-dealkylation sites (tertiary alicyclic amines) is 1. The Hall–Kier alpha value is -1.46. The van der Waals surface area contributed by atoms with Gasteiger partial charge < -0.3 is 10.5 Å². The maximum absolute atomic E-state index is 11.6. The van der Waals surface area contributed by atoms with E-state index in [0.717, 1.165) is 24.7 Å². The second-order valence-electron chi connectivity index (χ2n) is 8.01. The highest BCUT2D eigenvalue weighted by Crippen LogP contribution is 2.52. The normalized spacial score (nSPS) is 33.5. The number of hydrogen-bond donors (Lipinski definition) is 1. The molecular weight excluding hydrogens is 314 g/mol. The second-order valence-corrected chi connectivity index (χ2v) is 8.01. The van der Waals surface area contributed by atoms with Gasteiger partial charge in [-0.1, -0.05) is 19.3 Å². The van der Waals surface area contributed by atoms with Crippen LogP contribution >= 0.6 is 0 Å². The number of ether oxygens (including phenoxy) is 1. The highest BCUT2D eigenvalue weighted by molar-refractivity contribution is 5.90. The van der Waals surface area contributed by atoms with E-state index in [9.17, 15) is 4.79 Å². The van der Waals surface area contributed by atoms with E-state index < -0.39 is 5.91 Å². The summed E-state index contributed by atoms with van der Waals surface area (Å²) in [4.78, 5) is 18.5. The van der Waals surface area contributed by atoms with E-state index in [2.05, 4.69) is 9.88 Å². The molecule has 2 heterocycles. The summed E-state index contributed by atoms with van der Waals surface area (Å²) < 4.78 is 6.27. The van der Waals surface area contributed by atoms with Crippen molar-refractivity contribution in [2.45, 2.75) is 56.6 Å². The van der Waals surface area contributed by atoms with E-state index in [-0.39, 0.29) is 5.60 Å². The van der Waals surface area contributed by atoms with E-state index in [1.165, 1.54) is 44.9 Å². The van der Waals surface area contributed by atoms with Crippen LogP contribution in [-0.2, 0) is 10.3 Å². The Morgan fingerprint density at radius 1 is 1.20 bits per heavy atom. The van der Waals surface area contributed by atoms with Gasteiger partial charge >= 0.3 is 0 Å². The average molecular weight is 343 g/mol. The van der Waals surface area contributed by atoms with Crippen molar-refractivity contribution in [3.05, 3.63) is 29.6 Å². The number of fused-ring (bicyclic) bond motifs is 2. The highest BCUT2D eigenvalue weighted by Gasteiger charge is 2.54. The fourth-order valence-corrected chi connectivity index (χ4v) is 5.77. The number of methoxy groups -OCH3 is 1. The van der Waals surface area contributed by atoms with Crippen LogP contribution in [0.4, 0.5) is 0 Å². The molecule has 0 aromatic carbocycles. The van der Waals surface area contributed by atoms with Gasteiger partial charge in [0.25, 0.3) is 5.91 Å². The summed E-state index contributed by atoms with van der Waals surface area (Å²) in [5.41, 5.74) is 6.58. The van der Waals surface area contributed by atoms with Crippen molar-refractivity contribution in [3.63, 3.8) is 0 Å². The van der Waals surface area contributed by atoms with Crippen molar-refractivity contribution >= 4 is 5.91 Å². The van der Waals surface area contributed by atoms with Crippen molar-refractivity contribution < 1.29 is 9.53 Å². The Kier molecular flexibility index (Phi) is 4.54. The summed E-state index contributed by atoms with van der Waals surface area (Å²) in [5.74, 6) is 0.462. The first-order valence-corrected chi connectivity index (χ1v) is 9.70. The molecule has 1 saturated heterocycles. The molecule has 136 valence electrons. The van der Waals surface area contributed by atoms with Gasteiger partial charge in [-0.15, -0.1) is 0 Å². The van der Waals surface area contributed by atoms with Crippen LogP contribution in [0.3, 0.4) is 0 Å². The maximum atomic E-state index is 11.6. The van der Waals surface area contributed by atoms with Gasteiger partial charge in [-0.3, -0.25) is 14.7 Å². The van der Waals surface area contributed by atoms with Gasteiger partial charge in [0.2, 0.25) is 0 Å². The van der Waals surface area contributed by atoms with Crippen LogP contribution in [0.5, 0.6) is 0 Å². The molecule has 2 N–H and O–H groups in total. The third-order valence-corrected chi connectivity index (χ3v) is 6.87. The second kappa shape index (κ2) is 6.69. The molecule has 1 aliphatic heterocycles. The number of aromatic nitrogens is 1. The fourth-order valence-electron chi connectivity index (χ4n) is 5.77. The zero-order valence-corrected chi connectivity index (χ0v) is 15.1. The molecular formula is C20H29N3O2. The first kappa shape index (κ1) is 17.0. The quantitative estimate of drug-likeness (QED) is 0.913. The molecule has 2 bridgehead atoms. The topological polar surface area (TPSA) is 68.5 Å². The third kappa shape index (κ3) is 2.77. The minimum absolute atomic E-state index is 0.305. The van der Waals surface area contributed by atoms with Crippen molar-refractivity contribution in [3.8, 4) is 0 Å². The highest BCUT2D eigenvalue weighted by atomic mass is 16.5. The molecule has 2 atom stereocenters. The molecule has 0 radical (unpaired) electrons. The summed E-state index contributed by atoms with van der Waals surface area (Å²) in [6.45, 7) is 2.20. The number of primary amides is 1. The molecule has 5 nitrogen and oxygen atoms in total. The third-order valence-electron chi connectivity index (χ3n) is 6.87. The van der Waals surface area contributed by atoms with Crippen molar-refractivity contribution in [1.29, 1.82) is 0 Å². The van der Waals surface area contributed by atoms with E-state index in [1.807, 2.05) is 19.2 Å². The van der Waals surface area contributed by atoms with Gasteiger partial charge in [0.05, 0.1) is 0 Å². The Morgan fingerprint density at radius 2 is 1.88 bits per heavy atom. The van der Waals surface area contributed by atoms with Crippen molar-refractivity contribution in [2.75, 3.05) is 20.2 Å². The standard InChI is InChI=1S/C20H29N3O2/c1-25-20(14-9-10-22-18(11-14)19(21)24)15-5-4-6-16(20)13-23(12-15)17-7-2-3-8-17/h9-11,15-17H,2-8,12-13H2,1H3,(H2,21,24). The van der Waals surface area contributed by atoms with Crippen LogP contribution in [0.1, 0.15) is 61.0 Å². The number of pyridine rings is 1. The first-order chi connectivity index (χ1) is 12.1. The molecule has 5 heteroatoms. The van der Waals surface area contributed by atoms with Crippen molar-refractivity contribution in [2.24, 2.45) is 17.6 Å². The largest absolute Gasteiger partial charge is 0.373 e. The summed E-state index contributed by atoms with van der Waals surface area (Å²) in [7, 11) is 1.83. The van der Waals surface area contributed by atoms with Crippen LogP contribution in [0.15, 0.2) is 18.3 Å².